The van der Waals surface area contributed by atoms with Crippen LogP contribution in [0.5, 0.6) is 5.88 Å². The topological polar surface area (TPSA) is 80.7 Å². The highest BCUT2D eigenvalue weighted by molar-refractivity contribution is 5.95. The Morgan fingerprint density at radius 1 is 1.19 bits per heavy atom. The Hall–Kier alpha value is -2.65. The number of nitrogens with zero attached hydrogens (tertiary/aromatic N) is 1. The van der Waals surface area contributed by atoms with Gasteiger partial charge in [0.1, 0.15) is 6.61 Å². The molecule has 2 atom stereocenters. The molecular formula is C22H25F3N2O4. The first-order valence-electron chi connectivity index (χ1n) is 10.1. The Morgan fingerprint density at radius 3 is 2.55 bits per heavy atom. The van der Waals surface area contributed by atoms with Crippen LogP contribution in [0, 0.1) is 0 Å². The summed E-state index contributed by atoms with van der Waals surface area (Å²) in [6.07, 6.45) is -0.547. The number of methoxy groups -OCH3 is 1. The van der Waals surface area contributed by atoms with Gasteiger partial charge in [-0.1, -0.05) is 25.0 Å². The summed E-state index contributed by atoms with van der Waals surface area (Å²) >= 11 is 0. The zero-order valence-corrected chi connectivity index (χ0v) is 17.1. The highest BCUT2D eigenvalue weighted by atomic mass is 19.4. The van der Waals surface area contributed by atoms with Crippen LogP contribution in [0.4, 0.5) is 13.2 Å². The number of halogens is 3. The molecule has 1 heterocycles. The average Bonchev–Trinajstić information content (AvgIpc) is 2.75. The lowest BCUT2D eigenvalue weighted by atomic mass is 9.92. The second-order valence-electron chi connectivity index (χ2n) is 7.42. The fourth-order valence-electron chi connectivity index (χ4n) is 3.49. The molecule has 1 aliphatic carbocycles. The van der Waals surface area contributed by atoms with E-state index in [9.17, 15) is 23.1 Å². The van der Waals surface area contributed by atoms with E-state index in [1.807, 2.05) is 0 Å². The van der Waals surface area contributed by atoms with Gasteiger partial charge in [-0.3, -0.25) is 4.79 Å². The number of benzene rings is 1. The van der Waals surface area contributed by atoms with Crippen molar-refractivity contribution in [1.82, 2.24) is 10.3 Å². The van der Waals surface area contributed by atoms with Gasteiger partial charge >= 0.3 is 6.18 Å². The van der Waals surface area contributed by atoms with Gasteiger partial charge in [0.25, 0.3) is 5.91 Å². The number of hydrogen-bond donors (Lipinski definition) is 2. The second-order valence-corrected chi connectivity index (χ2v) is 7.42. The lowest BCUT2D eigenvalue weighted by molar-refractivity contribution is -0.137. The van der Waals surface area contributed by atoms with Gasteiger partial charge < -0.3 is 19.9 Å². The number of hydrogen-bond acceptors (Lipinski definition) is 5. The van der Waals surface area contributed by atoms with Gasteiger partial charge in [-0.2, -0.15) is 13.2 Å². The van der Waals surface area contributed by atoms with Crippen LogP contribution in [-0.2, 0) is 10.9 Å². The molecule has 6 nitrogen and oxygen atoms in total. The SMILES string of the molecule is COCCOc1ncc(C(=O)N[C@H]2CCCC[C@@H]2O)cc1-c1ccc(C(F)(F)F)cc1. The van der Waals surface area contributed by atoms with Crippen LogP contribution in [0.15, 0.2) is 36.5 Å². The average molecular weight is 438 g/mol. The number of amides is 1. The summed E-state index contributed by atoms with van der Waals surface area (Å²) in [7, 11) is 1.51. The van der Waals surface area contributed by atoms with Gasteiger partial charge in [0.2, 0.25) is 5.88 Å². The molecule has 1 aliphatic rings. The third-order valence-electron chi connectivity index (χ3n) is 5.21. The van der Waals surface area contributed by atoms with Crippen molar-refractivity contribution in [2.45, 2.75) is 44.0 Å². The highest BCUT2D eigenvalue weighted by Crippen LogP contribution is 2.34. The Labute approximate surface area is 178 Å². The van der Waals surface area contributed by atoms with E-state index in [4.69, 9.17) is 9.47 Å². The molecule has 2 N–H and O–H groups in total. The van der Waals surface area contributed by atoms with Gasteiger partial charge in [0.05, 0.1) is 29.9 Å². The second kappa shape index (κ2) is 10.1. The summed E-state index contributed by atoms with van der Waals surface area (Å²) in [6, 6.07) is 5.76. The van der Waals surface area contributed by atoms with Crippen molar-refractivity contribution in [1.29, 1.82) is 0 Å². The van der Waals surface area contributed by atoms with E-state index < -0.39 is 23.8 Å². The number of alkyl halides is 3. The zero-order valence-electron chi connectivity index (χ0n) is 17.1. The Morgan fingerprint density at radius 2 is 1.90 bits per heavy atom. The van der Waals surface area contributed by atoms with Crippen LogP contribution in [-0.4, -0.2) is 48.5 Å². The van der Waals surface area contributed by atoms with Crippen molar-refractivity contribution in [2.75, 3.05) is 20.3 Å². The molecule has 0 spiro atoms. The maximum absolute atomic E-state index is 12.9. The van der Waals surface area contributed by atoms with E-state index in [2.05, 4.69) is 10.3 Å². The van der Waals surface area contributed by atoms with E-state index in [0.29, 0.717) is 30.6 Å². The minimum absolute atomic E-state index is 0.186. The Balaban J connectivity index is 1.88. The first-order valence-corrected chi connectivity index (χ1v) is 10.1. The fraction of sp³-hybridized carbons (Fsp3) is 0.455. The predicted molar refractivity (Wildman–Crippen MR) is 108 cm³/mol. The lowest BCUT2D eigenvalue weighted by Gasteiger charge is -2.28. The number of nitrogens with one attached hydrogen (secondary N) is 1. The maximum Gasteiger partial charge on any atom is 0.416 e. The summed E-state index contributed by atoms with van der Waals surface area (Å²) < 4.78 is 49.3. The molecular weight excluding hydrogens is 413 g/mol. The predicted octanol–water partition coefficient (Wildman–Crippen LogP) is 3.83. The van der Waals surface area contributed by atoms with Gasteiger partial charge in [0.15, 0.2) is 0 Å². The molecule has 1 aromatic carbocycles. The molecule has 0 bridgehead atoms. The largest absolute Gasteiger partial charge is 0.475 e. The smallest absolute Gasteiger partial charge is 0.416 e. The molecule has 31 heavy (non-hydrogen) atoms. The lowest BCUT2D eigenvalue weighted by Crippen LogP contribution is -2.45. The Kier molecular flexibility index (Phi) is 7.50. The zero-order chi connectivity index (χ0) is 22.4. The van der Waals surface area contributed by atoms with Crippen molar-refractivity contribution < 1.29 is 32.5 Å². The molecule has 2 aromatic rings. The molecule has 0 unspecified atom stereocenters. The summed E-state index contributed by atoms with van der Waals surface area (Å²) in [4.78, 5) is 16.9. The monoisotopic (exact) mass is 438 g/mol. The third-order valence-corrected chi connectivity index (χ3v) is 5.21. The van der Waals surface area contributed by atoms with Gasteiger partial charge in [-0.05, 0) is 36.6 Å². The number of pyridine rings is 1. The molecule has 0 saturated heterocycles. The molecule has 1 amide bonds. The van der Waals surface area contributed by atoms with Crippen LogP contribution in [0.3, 0.4) is 0 Å². The van der Waals surface area contributed by atoms with Crippen LogP contribution in [0.25, 0.3) is 11.1 Å². The standard InChI is InChI=1S/C22H25F3N2O4/c1-30-10-11-31-21-17(14-6-8-16(9-7-14)22(23,24)25)12-15(13-26-21)20(29)27-18-4-2-3-5-19(18)28/h6-9,12-13,18-19,28H,2-5,10-11H2,1H3,(H,27,29)/t18-,19-/m0/s1. The van der Waals surface area contributed by atoms with Crippen LogP contribution in [0.1, 0.15) is 41.6 Å². The number of aliphatic hydroxyl groups excluding tert-OH is 1. The van der Waals surface area contributed by atoms with E-state index in [0.717, 1.165) is 25.0 Å². The molecule has 168 valence electrons. The number of ether oxygens (including phenoxy) is 2. The number of rotatable bonds is 7. The number of carbonyl (C=O) groups excluding carboxylic acids is 1. The third kappa shape index (κ3) is 5.95. The molecule has 0 radical (unpaired) electrons. The number of aliphatic hydroxyl groups is 1. The molecule has 1 fully saturated rings. The van der Waals surface area contributed by atoms with Crippen molar-refractivity contribution >= 4 is 5.91 Å². The molecule has 0 aliphatic heterocycles. The van der Waals surface area contributed by atoms with Crippen LogP contribution < -0.4 is 10.1 Å². The molecule has 1 aromatic heterocycles. The van der Waals surface area contributed by atoms with Crippen molar-refractivity contribution in [3.63, 3.8) is 0 Å². The molecule has 9 heteroatoms. The highest BCUT2D eigenvalue weighted by Gasteiger charge is 2.30. The van der Waals surface area contributed by atoms with Gasteiger partial charge in [-0.15, -0.1) is 0 Å². The van der Waals surface area contributed by atoms with Gasteiger partial charge in [0, 0.05) is 18.9 Å². The normalized spacial score (nSPS) is 19.1. The van der Waals surface area contributed by atoms with Crippen LogP contribution >= 0.6 is 0 Å². The Bertz CT molecular complexity index is 887. The molecule has 3 rings (SSSR count). The van der Waals surface area contributed by atoms with Crippen molar-refractivity contribution in [3.05, 3.63) is 47.7 Å². The summed E-state index contributed by atoms with van der Waals surface area (Å²) in [5, 5.41) is 12.9. The van der Waals surface area contributed by atoms with Crippen LogP contribution in [0.2, 0.25) is 0 Å². The van der Waals surface area contributed by atoms with E-state index in [1.165, 1.54) is 31.5 Å². The minimum atomic E-state index is -4.45. The van der Waals surface area contributed by atoms with E-state index >= 15 is 0 Å². The summed E-state index contributed by atoms with van der Waals surface area (Å²) in [6.45, 7) is 0.493. The molecule has 1 saturated carbocycles. The number of aromatic nitrogens is 1. The van der Waals surface area contributed by atoms with Gasteiger partial charge in [-0.25, -0.2) is 4.98 Å². The minimum Gasteiger partial charge on any atom is -0.475 e. The summed E-state index contributed by atoms with van der Waals surface area (Å²) in [5.74, 6) is -0.221. The summed E-state index contributed by atoms with van der Waals surface area (Å²) in [5.41, 5.74) is 0.278. The van der Waals surface area contributed by atoms with Crippen molar-refractivity contribution in [3.8, 4) is 17.0 Å². The van der Waals surface area contributed by atoms with E-state index in [1.54, 1.807) is 0 Å². The number of carbonyl (C=O) groups is 1. The fourth-order valence-corrected chi connectivity index (χ4v) is 3.49. The van der Waals surface area contributed by atoms with Crippen molar-refractivity contribution in [2.24, 2.45) is 0 Å². The quantitative estimate of drug-likeness (QED) is 0.643. The first-order chi connectivity index (χ1) is 14.8. The maximum atomic E-state index is 12.9. The first kappa shape index (κ1) is 23.0. The van der Waals surface area contributed by atoms with E-state index in [-0.39, 0.29) is 24.1 Å².